The van der Waals surface area contributed by atoms with Gasteiger partial charge >= 0.3 is 0 Å². The van der Waals surface area contributed by atoms with Crippen molar-refractivity contribution in [1.82, 2.24) is 19.6 Å². The van der Waals surface area contributed by atoms with Gasteiger partial charge in [0.25, 0.3) is 5.91 Å². The van der Waals surface area contributed by atoms with Crippen LogP contribution in [0.2, 0.25) is 0 Å². The monoisotopic (exact) mass is 288 g/mol. The average molecular weight is 288 g/mol. The molecule has 0 spiro atoms. The van der Waals surface area contributed by atoms with Crippen LogP contribution in [0, 0.1) is 0 Å². The van der Waals surface area contributed by atoms with E-state index in [-0.39, 0.29) is 5.91 Å². The van der Waals surface area contributed by atoms with E-state index < -0.39 is 0 Å². The summed E-state index contributed by atoms with van der Waals surface area (Å²) >= 11 is 0. The Balaban J connectivity index is 1.45. The lowest BCUT2D eigenvalue weighted by molar-refractivity contribution is 0.0374. The van der Waals surface area contributed by atoms with Crippen LogP contribution >= 0.6 is 0 Å². The quantitative estimate of drug-likeness (QED) is 0.826. The smallest absolute Gasteiger partial charge is 0.252 e. The molecule has 0 saturated carbocycles. The molecule has 1 fully saturated rings. The van der Waals surface area contributed by atoms with E-state index in [4.69, 9.17) is 4.74 Å². The Bertz CT molecular complexity index is 604. The van der Waals surface area contributed by atoms with Crippen LogP contribution in [-0.4, -0.2) is 59.6 Å². The SMILES string of the molecule is O=C(NCCCN1CCOCC1)c1ccc2nccn2c1. The van der Waals surface area contributed by atoms with E-state index in [2.05, 4.69) is 15.2 Å². The summed E-state index contributed by atoms with van der Waals surface area (Å²) in [6.45, 7) is 5.31. The highest BCUT2D eigenvalue weighted by Crippen LogP contribution is 2.04. The Labute approximate surface area is 123 Å². The standard InChI is InChI=1S/C15H20N4O2/c20-15(13-2-3-14-16-5-7-19(14)12-13)17-4-1-6-18-8-10-21-11-9-18/h2-3,5,7,12H,1,4,6,8-11H2,(H,17,20). The van der Waals surface area contributed by atoms with Crippen molar-refractivity contribution in [2.45, 2.75) is 6.42 Å². The molecule has 0 aromatic carbocycles. The van der Waals surface area contributed by atoms with Gasteiger partial charge in [-0.2, -0.15) is 0 Å². The second-order valence-corrected chi connectivity index (χ2v) is 5.17. The van der Waals surface area contributed by atoms with E-state index in [1.165, 1.54) is 0 Å². The molecule has 112 valence electrons. The molecule has 2 aromatic rings. The summed E-state index contributed by atoms with van der Waals surface area (Å²) in [4.78, 5) is 18.6. The molecule has 1 saturated heterocycles. The number of carbonyl (C=O) groups is 1. The highest BCUT2D eigenvalue weighted by molar-refractivity contribution is 5.94. The van der Waals surface area contributed by atoms with E-state index in [1.54, 1.807) is 18.5 Å². The van der Waals surface area contributed by atoms with Crippen molar-refractivity contribution in [1.29, 1.82) is 0 Å². The first kappa shape index (κ1) is 14.0. The molecular formula is C15H20N4O2. The Morgan fingerprint density at radius 3 is 3.05 bits per heavy atom. The fourth-order valence-corrected chi connectivity index (χ4v) is 2.49. The van der Waals surface area contributed by atoms with Gasteiger partial charge in [-0.25, -0.2) is 4.98 Å². The van der Waals surface area contributed by atoms with E-state index >= 15 is 0 Å². The third kappa shape index (κ3) is 3.59. The molecule has 6 nitrogen and oxygen atoms in total. The van der Waals surface area contributed by atoms with Crippen LogP contribution in [0.1, 0.15) is 16.8 Å². The van der Waals surface area contributed by atoms with Crippen molar-refractivity contribution in [3.8, 4) is 0 Å². The first-order valence-corrected chi connectivity index (χ1v) is 7.34. The minimum absolute atomic E-state index is 0.0347. The van der Waals surface area contributed by atoms with Crippen molar-refractivity contribution < 1.29 is 9.53 Å². The average Bonchev–Trinajstić information content (AvgIpc) is 3.00. The van der Waals surface area contributed by atoms with E-state index in [9.17, 15) is 4.79 Å². The number of amides is 1. The second-order valence-electron chi connectivity index (χ2n) is 5.17. The largest absolute Gasteiger partial charge is 0.379 e. The molecule has 21 heavy (non-hydrogen) atoms. The highest BCUT2D eigenvalue weighted by atomic mass is 16.5. The second kappa shape index (κ2) is 6.69. The number of rotatable bonds is 5. The fraction of sp³-hybridized carbons (Fsp3) is 0.467. The number of ether oxygens (including phenoxy) is 1. The Kier molecular flexibility index (Phi) is 4.47. The summed E-state index contributed by atoms with van der Waals surface area (Å²) in [6, 6.07) is 3.66. The number of imidazole rings is 1. The van der Waals surface area contributed by atoms with Crippen LogP contribution in [0.4, 0.5) is 0 Å². The molecule has 0 bridgehead atoms. The molecule has 6 heteroatoms. The summed E-state index contributed by atoms with van der Waals surface area (Å²) in [7, 11) is 0. The van der Waals surface area contributed by atoms with Crippen LogP contribution in [0.25, 0.3) is 5.65 Å². The Morgan fingerprint density at radius 1 is 1.33 bits per heavy atom. The Hall–Kier alpha value is -1.92. The summed E-state index contributed by atoms with van der Waals surface area (Å²) in [5.41, 5.74) is 1.51. The summed E-state index contributed by atoms with van der Waals surface area (Å²) < 4.78 is 7.16. The Morgan fingerprint density at radius 2 is 2.19 bits per heavy atom. The number of pyridine rings is 1. The van der Waals surface area contributed by atoms with Crippen molar-refractivity contribution in [2.75, 3.05) is 39.4 Å². The van der Waals surface area contributed by atoms with E-state index in [0.717, 1.165) is 44.9 Å². The molecule has 1 N–H and O–H groups in total. The van der Waals surface area contributed by atoms with Gasteiger partial charge in [-0.05, 0) is 25.1 Å². The zero-order chi connectivity index (χ0) is 14.5. The molecule has 1 aliphatic heterocycles. The molecule has 0 aliphatic carbocycles. The predicted molar refractivity (Wildman–Crippen MR) is 79.4 cm³/mol. The van der Waals surface area contributed by atoms with Gasteiger partial charge in [0, 0.05) is 38.2 Å². The maximum Gasteiger partial charge on any atom is 0.252 e. The molecule has 0 radical (unpaired) electrons. The van der Waals surface area contributed by atoms with Crippen LogP contribution < -0.4 is 5.32 Å². The summed E-state index contributed by atoms with van der Waals surface area (Å²) in [6.07, 6.45) is 6.32. The highest BCUT2D eigenvalue weighted by Gasteiger charge is 2.10. The first-order valence-electron chi connectivity index (χ1n) is 7.34. The van der Waals surface area contributed by atoms with Crippen LogP contribution in [-0.2, 0) is 4.74 Å². The number of hydrogen-bond acceptors (Lipinski definition) is 4. The fourth-order valence-electron chi connectivity index (χ4n) is 2.49. The topological polar surface area (TPSA) is 58.9 Å². The molecule has 3 heterocycles. The maximum atomic E-state index is 12.1. The lowest BCUT2D eigenvalue weighted by atomic mass is 10.2. The molecule has 2 aromatic heterocycles. The zero-order valence-electron chi connectivity index (χ0n) is 12.0. The summed E-state index contributed by atoms with van der Waals surface area (Å²) in [5.74, 6) is -0.0347. The lowest BCUT2D eigenvalue weighted by Gasteiger charge is -2.26. The van der Waals surface area contributed by atoms with E-state index in [0.29, 0.717) is 12.1 Å². The van der Waals surface area contributed by atoms with Crippen molar-refractivity contribution in [3.63, 3.8) is 0 Å². The number of fused-ring (bicyclic) bond motifs is 1. The predicted octanol–water partition coefficient (Wildman–Crippen LogP) is 0.786. The van der Waals surface area contributed by atoms with Crippen molar-refractivity contribution in [3.05, 3.63) is 36.3 Å². The molecule has 0 atom stereocenters. The number of morpholine rings is 1. The van der Waals surface area contributed by atoms with Gasteiger partial charge in [0.1, 0.15) is 5.65 Å². The summed E-state index contributed by atoms with van der Waals surface area (Å²) in [5, 5.41) is 2.96. The van der Waals surface area contributed by atoms with Gasteiger partial charge in [0.15, 0.2) is 0 Å². The maximum absolute atomic E-state index is 12.1. The minimum Gasteiger partial charge on any atom is -0.379 e. The van der Waals surface area contributed by atoms with Gasteiger partial charge in [0.05, 0.1) is 18.8 Å². The van der Waals surface area contributed by atoms with Gasteiger partial charge in [0.2, 0.25) is 0 Å². The number of nitrogens with zero attached hydrogens (tertiary/aromatic N) is 3. The molecule has 3 rings (SSSR count). The first-order chi connectivity index (χ1) is 10.3. The van der Waals surface area contributed by atoms with Gasteiger partial charge < -0.3 is 14.5 Å². The van der Waals surface area contributed by atoms with Gasteiger partial charge in [-0.1, -0.05) is 0 Å². The third-order valence-electron chi connectivity index (χ3n) is 3.69. The molecule has 0 unspecified atom stereocenters. The van der Waals surface area contributed by atoms with E-state index in [1.807, 2.05) is 16.7 Å². The molecular weight excluding hydrogens is 268 g/mol. The van der Waals surface area contributed by atoms with Crippen LogP contribution in [0.3, 0.4) is 0 Å². The van der Waals surface area contributed by atoms with Gasteiger partial charge in [-0.3, -0.25) is 9.69 Å². The van der Waals surface area contributed by atoms with Crippen molar-refractivity contribution in [2.24, 2.45) is 0 Å². The number of hydrogen-bond donors (Lipinski definition) is 1. The van der Waals surface area contributed by atoms with Crippen LogP contribution in [0.15, 0.2) is 30.7 Å². The molecule has 1 aliphatic rings. The van der Waals surface area contributed by atoms with Crippen molar-refractivity contribution >= 4 is 11.6 Å². The molecule has 1 amide bonds. The third-order valence-corrected chi connectivity index (χ3v) is 3.69. The van der Waals surface area contributed by atoms with Gasteiger partial charge in [-0.15, -0.1) is 0 Å². The zero-order valence-corrected chi connectivity index (χ0v) is 12.0. The number of aromatic nitrogens is 2. The normalized spacial score (nSPS) is 16.2. The minimum atomic E-state index is -0.0347. The lowest BCUT2D eigenvalue weighted by Crippen LogP contribution is -2.38. The number of nitrogens with one attached hydrogen (secondary N) is 1. The number of carbonyl (C=O) groups excluding carboxylic acids is 1. The van der Waals surface area contributed by atoms with Crippen LogP contribution in [0.5, 0.6) is 0 Å².